The molecule has 0 spiro atoms. The SMILES string of the molecule is CCN(CCO)C(=O)c1cn[nH]c1-c1ccc(OC)cc1. The van der Waals surface area contributed by atoms with Crippen molar-refractivity contribution < 1.29 is 14.6 Å². The van der Waals surface area contributed by atoms with Crippen molar-refractivity contribution in [2.45, 2.75) is 6.92 Å². The van der Waals surface area contributed by atoms with Gasteiger partial charge >= 0.3 is 0 Å². The van der Waals surface area contributed by atoms with Crippen LogP contribution in [0.5, 0.6) is 5.75 Å². The van der Waals surface area contributed by atoms with Crippen molar-refractivity contribution in [2.24, 2.45) is 0 Å². The van der Waals surface area contributed by atoms with E-state index in [0.717, 1.165) is 11.3 Å². The van der Waals surface area contributed by atoms with Crippen LogP contribution in [0.4, 0.5) is 0 Å². The van der Waals surface area contributed by atoms with Crippen molar-refractivity contribution in [3.8, 4) is 17.0 Å². The van der Waals surface area contributed by atoms with Gasteiger partial charge in [0.05, 0.1) is 31.2 Å². The fourth-order valence-electron chi connectivity index (χ4n) is 2.12. The summed E-state index contributed by atoms with van der Waals surface area (Å²) in [5, 5.41) is 15.9. The van der Waals surface area contributed by atoms with Crippen LogP contribution in [-0.4, -0.2) is 52.9 Å². The lowest BCUT2D eigenvalue weighted by atomic mass is 10.1. The Kier molecular flexibility index (Phi) is 4.94. The summed E-state index contributed by atoms with van der Waals surface area (Å²) in [6, 6.07) is 7.39. The molecule has 2 aromatic rings. The number of ether oxygens (including phenoxy) is 1. The maximum atomic E-state index is 12.5. The number of rotatable bonds is 6. The smallest absolute Gasteiger partial charge is 0.257 e. The number of methoxy groups -OCH3 is 1. The van der Waals surface area contributed by atoms with E-state index in [2.05, 4.69) is 10.2 Å². The monoisotopic (exact) mass is 289 g/mol. The summed E-state index contributed by atoms with van der Waals surface area (Å²) in [6.07, 6.45) is 1.52. The molecule has 0 bridgehead atoms. The molecule has 1 aromatic carbocycles. The van der Waals surface area contributed by atoms with E-state index in [1.54, 1.807) is 12.0 Å². The Balaban J connectivity index is 2.30. The number of aromatic nitrogens is 2. The number of hydrogen-bond acceptors (Lipinski definition) is 4. The molecule has 0 aliphatic heterocycles. The number of nitrogens with one attached hydrogen (secondary N) is 1. The van der Waals surface area contributed by atoms with Gasteiger partial charge in [0.25, 0.3) is 5.91 Å². The van der Waals surface area contributed by atoms with E-state index in [1.807, 2.05) is 31.2 Å². The van der Waals surface area contributed by atoms with Crippen molar-refractivity contribution in [3.05, 3.63) is 36.0 Å². The first-order chi connectivity index (χ1) is 10.2. The molecule has 0 aliphatic rings. The summed E-state index contributed by atoms with van der Waals surface area (Å²) in [4.78, 5) is 14.1. The first-order valence-electron chi connectivity index (χ1n) is 6.79. The highest BCUT2D eigenvalue weighted by atomic mass is 16.5. The zero-order valence-electron chi connectivity index (χ0n) is 12.2. The van der Waals surface area contributed by atoms with Crippen LogP contribution in [0.1, 0.15) is 17.3 Å². The topological polar surface area (TPSA) is 78.5 Å². The molecule has 1 aromatic heterocycles. The molecule has 2 N–H and O–H groups in total. The molecule has 6 nitrogen and oxygen atoms in total. The van der Waals surface area contributed by atoms with Gasteiger partial charge in [-0.2, -0.15) is 5.10 Å². The Hall–Kier alpha value is -2.34. The highest BCUT2D eigenvalue weighted by Crippen LogP contribution is 2.24. The molecule has 0 saturated heterocycles. The van der Waals surface area contributed by atoms with Crippen LogP contribution in [0, 0.1) is 0 Å². The minimum absolute atomic E-state index is 0.0602. The number of H-pyrrole nitrogens is 1. The average molecular weight is 289 g/mol. The number of nitrogens with zero attached hydrogens (tertiary/aromatic N) is 2. The molecule has 0 fully saturated rings. The highest BCUT2D eigenvalue weighted by Gasteiger charge is 2.20. The fourth-order valence-corrected chi connectivity index (χ4v) is 2.12. The number of amides is 1. The molecule has 1 amide bonds. The Morgan fingerprint density at radius 3 is 2.67 bits per heavy atom. The summed E-state index contributed by atoms with van der Waals surface area (Å²) < 4.78 is 5.12. The second-order valence-corrected chi connectivity index (χ2v) is 4.50. The van der Waals surface area contributed by atoms with Gasteiger partial charge in [-0.15, -0.1) is 0 Å². The first-order valence-corrected chi connectivity index (χ1v) is 6.79. The molecule has 6 heteroatoms. The third kappa shape index (κ3) is 3.22. The van der Waals surface area contributed by atoms with Crippen LogP contribution < -0.4 is 4.74 Å². The number of likely N-dealkylation sites (N-methyl/N-ethyl adjacent to an activating group) is 1. The van der Waals surface area contributed by atoms with Gasteiger partial charge in [-0.1, -0.05) is 0 Å². The lowest BCUT2D eigenvalue weighted by molar-refractivity contribution is 0.0733. The average Bonchev–Trinajstić information content (AvgIpc) is 3.01. The van der Waals surface area contributed by atoms with Crippen molar-refractivity contribution in [1.82, 2.24) is 15.1 Å². The van der Waals surface area contributed by atoms with Gasteiger partial charge in [0.1, 0.15) is 5.75 Å². The third-order valence-corrected chi connectivity index (χ3v) is 3.29. The summed E-state index contributed by atoms with van der Waals surface area (Å²) in [5.74, 6) is 0.604. The number of benzene rings is 1. The molecule has 21 heavy (non-hydrogen) atoms. The van der Waals surface area contributed by atoms with E-state index < -0.39 is 0 Å². The second-order valence-electron chi connectivity index (χ2n) is 4.50. The molecule has 0 saturated carbocycles. The van der Waals surface area contributed by atoms with Crippen molar-refractivity contribution >= 4 is 5.91 Å². The van der Waals surface area contributed by atoms with Crippen LogP contribution in [0.3, 0.4) is 0 Å². The van der Waals surface area contributed by atoms with Crippen LogP contribution in [0.15, 0.2) is 30.5 Å². The highest BCUT2D eigenvalue weighted by molar-refractivity contribution is 5.99. The van der Waals surface area contributed by atoms with Gasteiger partial charge in [0, 0.05) is 18.7 Å². The predicted octanol–water partition coefficient (Wildman–Crippen LogP) is 1.54. The van der Waals surface area contributed by atoms with Gasteiger partial charge in [-0.25, -0.2) is 0 Å². The molecular weight excluding hydrogens is 270 g/mol. The molecule has 112 valence electrons. The van der Waals surface area contributed by atoms with Crippen molar-refractivity contribution in [3.63, 3.8) is 0 Å². The van der Waals surface area contributed by atoms with Crippen LogP contribution in [-0.2, 0) is 0 Å². The van der Waals surface area contributed by atoms with E-state index in [4.69, 9.17) is 9.84 Å². The molecule has 0 radical (unpaired) electrons. The Labute approximate surface area is 123 Å². The van der Waals surface area contributed by atoms with Gasteiger partial charge in [0.2, 0.25) is 0 Å². The molecule has 0 aliphatic carbocycles. The third-order valence-electron chi connectivity index (χ3n) is 3.29. The number of aliphatic hydroxyl groups is 1. The maximum absolute atomic E-state index is 12.5. The van der Waals surface area contributed by atoms with E-state index >= 15 is 0 Å². The Morgan fingerprint density at radius 2 is 2.10 bits per heavy atom. The zero-order chi connectivity index (χ0) is 15.2. The Morgan fingerprint density at radius 1 is 1.38 bits per heavy atom. The fraction of sp³-hybridized carbons (Fsp3) is 0.333. The number of aliphatic hydroxyl groups excluding tert-OH is 1. The summed E-state index contributed by atoms with van der Waals surface area (Å²) >= 11 is 0. The van der Waals surface area contributed by atoms with Gasteiger partial charge in [0.15, 0.2) is 0 Å². The molecule has 0 atom stereocenters. The van der Waals surface area contributed by atoms with Gasteiger partial charge < -0.3 is 14.7 Å². The van der Waals surface area contributed by atoms with Gasteiger partial charge in [-0.05, 0) is 31.2 Å². The maximum Gasteiger partial charge on any atom is 0.257 e. The van der Waals surface area contributed by atoms with Crippen LogP contribution >= 0.6 is 0 Å². The molecule has 2 rings (SSSR count). The van der Waals surface area contributed by atoms with Crippen LogP contribution in [0.25, 0.3) is 11.3 Å². The zero-order valence-corrected chi connectivity index (χ0v) is 12.2. The number of hydrogen-bond donors (Lipinski definition) is 2. The predicted molar refractivity (Wildman–Crippen MR) is 79.2 cm³/mol. The summed E-state index contributed by atoms with van der Waals surface area (Å²) in [7, 11) is 1.61. The lowest BCUT2D eigenvalue weighted by Gasteiger charge is -2.19. The summed E-state index contributed by atoms with van der Waals surface area (Å²) in [6.45, 7) is 2.66. The summed E-state index contributed by atoms with van der Waals surface area (Å²) in [5.41, 5.74) is 2.02. The molecule has 1 heterocycles. The quantitative estimate of drug-likeness (QED) is 0.845. The standard InChI is InChI=1S/C15H19N3O3/c1-3-18(8-9-19)15(20)13-10-16-17-14(13)11-4-6-12(21-2)7-5-11/h4-7,10,19H,3,8-9H2,1-2H3,(H,16,17). The van der Waals surface area contributed by atoms with Crippen LogP contribution in [0.2, 0.25) is 0 Å². The minimum Gasteiger partial charge on any atom is -0.497 e. The first kappa shape index (κ1) is 15.1. The lowest BCUT2D eigenvalue weighted by Crippen LogP contribution is -2.33. The van der Waals surface area contributed by atoms with E-state index in [1.165, 1.54) is 6.20 Å². The largest absolute Gasteiger partial charge is 0.497 e. The number of carbonyl (C=O) groups excluding carboxylic acids is 1. The van der Waals surface area contributed by atoms with Gasteiger partial charge in [-0.3, -0.25) is 9.89 Å². The number of aromatic amines is 1. The second kappa shape index (κ2) is 6.90. The van der Waals surface area contributed by atoms with E-state index in [9.17, 15) is 4.79 Å². The van der Waals surface area contributed by atoms with E-state index in [-0.39, 0.29) is 12.5 Å². The Bertz CT molecular complexity index is 592. The van der Waals surface area contributed by atoms with E-state index in [0.29, 0.717) is 24.3 Å². The minimum atomic E-state index is -0.147. The van der Waals surface area contributed by atoms with Crippen molar-refractivity contribution in [2.75, 3.05) is 26.8 Å². The number of carbonyl (C=O) groups is 1. The molecular formula is C15H19N3O3. The normalized spacial score (nSPS) is 10.4. The molecule has 0 unspecified atom stereocenters. The van der Waals surface area contributed by atoms with Crippen molar-refractivity contribution in [1.29, 1.82) is 0 Å².